The number of amides is 1. The van der Waals surface area contributed by atoms with Crippen LogP contribution < -0.4 is 0 Å². The zero-order valence-electron chi connectivity index (χ0n) is 9.67. The van der Waals surface area contributed by atoms with Crippen molar-refractivity contribution in [3.05, 3.63) is 0 Å². The number of carbonyl (C=O) groups excluding carboxylic acids is 1. The van der Waals surface area contributed by atoms with Crippen LogP contribution in [0.15, 0.2) is 0 Å². The second kappa shape index (κ2) is 4.20. The first-order valence-corrected chi connectivity index (χ1v) is 5.48. The molecule has 1 aliphatic heterocycles. The smallest absolute Gasteiger partial charge is 0.410 e. The summed E-state index contributed by atoms with van der Waals surface area (Å²) in [6.45, 7) is 9.83. The Kier molecular flexibility index (Phi) is 3.40. The summed E-state index contributed by atoms with van der Waals surface area (Å²) in [5, 5.41) is 0. The second-order valence-electron chi connectivity index (χ2n) is 4.52. The molecule has 2 atom stereocenters. The third-order valence-electron chi connectivity index (χ3n) is 3.03. The molecule has 3 heteroatoms. The topological polar surface area (TPSA) is 29.5 Å². The summed E-state index contributed by atoms with van der Waals surface area (Å²) in [6.07, 6.45) is 1.70. The minimum absolute atomic E-state index is 0.152. The van der Waals surface area contributed by atoms with E-state index >= 15 is 0 Å². The van der Waals surface area contributed by atoms with Gasteiger partial charge in [-0.3, -0.25) is 0 Å². The molecule has 82 valence electrons. The first-order chi connectivity index (χ1) is 6.50. The molecule has 0 aromatic carbocycles. The maximum atomic E-state index is 11.7. The van der Waals surface area contributed by atoms with Crippen LogP contribution in [-0.4, -0.2) is 29.7 Å². The van der Waals surface area contributed by atoms with Gasteiger partial charge in [-0.2, -0.15) is 0 Å². The third-order valence-corrected chi connectivity index (χ3v) is 3.03. The lowest BCUT2D eigenvalue weighted by molar-refractivity contribution is 0.00759. The standard InChI is InChI=1S/C11H21NO2/c1-5-11(4)7-9(3)8-12(6-2)10(13)14-11/h9H,5-8H2,1-4H3/t9-,11+/m1/s1. The van der Waals surface area contributed by atoms with E-state index in [1.165, 1.54) is 0 Å². The van der Waals surface area contributed by atoms with Gasteiger partial charge in [0.2, 0.25) is 0 Å². The third kappa shape index (κ3) is 2.40. The Labute approximate surface area is 86.4 Å². The van der Waals surface area contributed by atoms with E-state index in [-0.39, 0.29) is 11.7 Å². The van der Waals surface area contributed by atoms with Crippen molar-refractivity contribution in [2.24, 2.45) is 5.92 Å². The highest BCUT2D eigenvalue weighted by Crippen LogP contribution is 2.29. The maximum absolute atomic E-state index is 11.7. The Morgan fingerprint density at radius 2 is 2.21 bits per heavy atom. The van der Waals surface area contributed by atoms with E-state index in [9.17, 15) is 4.79 Å². The molecule has 0 spiro atoms. The number of ether oxygens (including phenoxy) is 1. The largest absolute Gasteiger partial charge is 0.443 e. The summed E-state index contributed by atoms with van der Waals surface area (Å²) in [6, 6.07) is 0. The van der Waals surface area contributed by atoms with E-state index in [2.05, 4.69) is 13.8 Å². The molecule has 1 rings (SSSR count). The molecule has 0 aromatic heterocycles. The summed E-state index contributed by atoms with van der Waals surface area (Å²) in [4.78, 5) is 13.5. The van der Waals surface area contributed by atoms with Crippen LogP contribution in [0.1, 0.15) is 40.5 Å². The fourth-order valence-electron chi connectivity index (χ4n) is 2.04. The fraction of sp³-hybridized carbons (Fsp3) is 0.909. The minimum Gasteiger partial charge on any atom is -0.443 e. The maximum Gasteiger partial charge on any atom is 0.410 e. The van der Waals surface area contributed by atoms with Crippen LogP contribution in [-0.2, 0) is 4.74 Å². The van der Waals surface area contributed by atoms with E-state index < -0.39 is 0 Å². The van der Waals surface area contributed by atoms with Gasteiger partial charge in [0.15, 0.2) is 0 Å². The Hall–Kier alpha value is -0.730. The molecule has 1 fully saturated rings. The fourth-order valence-corrected chi connectivity index (χ4v) is 2.04. The predicted molar refractivity (Wildman–Crippen MR) is 56.2 cm³/mol. The van der Waals surface area contributed by atoms with Gasteiger partial charge in [0.25, 0.3) is 0 Å². The van der Waals surface area contributed by atoms with E-state index in [1.807, 2.05) is 13.8 Å². The zero-order chi connectivity index (χ0) is 10.8. The first kappa shape index (κ1) is 11.3. The molecule has 1 amide bonds. The highest BCUT2D eigenvalue weighted by Gasteiger charge is 2.35. The first-order valence-electron chi connectivity index (χ1n) is 5.48. The molecule has 1 aliphatic rings. The van der Waals surface area contributed by atoms with Gasteiger partial charge < -0.3 is 9.64 Å². The van der Waals surface area contributed by atoms with E-state index in [0.717, 1.165) is 25.9 Å². The molecule has 0 N–H and O–H groups in total. The molecule has 14 heavy (non-hydrogen) atoms. The summed E-state index contributed by atoms with van der Waals surface area (Å²) < 4.78 is 5.51. The quantitative estimate of drug-likeness (QED) is 0.684. The van der Waals surface area contributed by atoms with Gasteiger partial charge in [-0.1, -0.05) is 13.8 Å². The molecule has 3 nitrogen and oxygen atoms in total. The van der Waals surface area contributed by atoms with E-state index in [0.29, 0.717) is 5.92 Å². The van der Waals surface area contributed by atoms with Crippen LogP contribution >= 0.6 is 0 Å². The normalized spacial score (nSPS) is 33.9. The molecule has 0 aliphatic carbocycles. The predicted octanol–water partition coefficient (Wildman–Crippen LogP) is 2.65. The van der Waals surface area contributed by atoms with Gasteiger partial charge in [-0.05, 0) is 32.6 Å². The zero-order valence-corrected chi connectivity index (χ0v) is 9.67. The van der Waals surface area contributed by atoms with Crippen LogP contribution in [0.25, 0.3) is 0 Å². The summed E-state index contributed by atoms with van der Waals surface area (Å²) in [7, 11) is 0. The van der Waals surface area contributed by atoms with Crippen molar-refractivity contribution in [1.82, 2.24) is 4.90 Å². The van der Waals surface area contributed by atoms with Crippen LogP contribution in [0.2, 0.25) is 0 Å². The van der Waals surface area contributed by atoms with Crippen molar-refractivity contribution in [2.45, 2.75) is 46.1 Å². The van der Waals surface area contributed by atoms with Gasteiger partial charge in [0.05, 0.1) is 0 Å². The van der Waals surface area contributed by atoms with Gasteiger partial charge in [-0.25, -0.2) is 4.79 Å². The number of rotatable bonds is 2. The van der Waals surface area contributed by atoms with Crippen molar-refractivity contribution in [2.75, 3.05) is 13.1 Å². The lowest BCUT2D eigenvalue weighted by Crippen LogP contribution is -2.35. The van der Waals surface area contributed by atoms with Crippen LogP contribution in [0, 0.1) is 5.92 Å². The number of hydrogen-bond acceptors (Lipinski definition) is 2. The monoisotopic (exact) mass is 199 g/mol. The van der Waals surface area contributed by atoms with Crippen molar-refractivity contribution in [3.63, 3.8) is 0 Å². The average Bonchev–Trinajstić information content (AvgIpc) is 2.23. The van der Waals surface area contributed by atoms with Crippen LogP contribution in [0.4, 0.5) is 4.79 Å². The van der Waals surface area contributed by atoms with Gasteiger partial charge in [0.1, 0.15) is 5.60 Å². The Balaban J connectivity index is 2.77. The van der Waals surface area contributed by atoms with Crippen molar-refractivity contribution in [3.8, 4) is 0 Å². The summed E-state index contributed by atoms with van der Waals surface area (Å²) in [5.41, 5.74) is -0.263. The van der Waals surface area contributed by atoms with Crippen LogP contribution in [0.3, 0.4) is 0 Å². The number of cyclic esters (lactones) is 1. The molecular formula is C11H21NO2. The molecule has 0 unspecified atom stereocenters. The summed E-state index contributed by atoms with van der Waals surface area (Å²) in [5.74, 6) is 0.520. The number of hydrogen-bond donors (Lipinski definition) is 0. The lowest BCUT2D eigenvalue weighted by Gasteiger charge is -2.27. The number of carbonyl (C=O) groups is 1. The Bertz CT molecular complexity index is 217. The number of nitrogens with zero attached hydrogens (tertiary/aromatic N) is 1. The molecule has 0 saturated carbocycles. The molecule has 1 heterocycles. The van der Waals surface area contributed by atoms with Crippen molar-refractivity contribution >= 4 is 6.09 Å². The molecule has 0 bridgehead atoms. The van der Waals surface area contributed by atoms with Crippen molar-refractivity contribution in [1.29, 1.82) is 0 Å². The minimum atomic E-state index is -0.263. The van der Waals surface area contributed by atoms with Crippen LogP contribution in [0.5, 0.6) is 0 Å². The highest BCUT2D eigenvalue weighted by atomic mass is 16.6. The second-order valence-corrected chi connectivity index (χ2v) is 4.52. The Morgan fingerprint density at radius 1 is 1.57 bits per heavy atom. The van der Waals surface area contributed by atoms with Gasteiger partial charge >= 0.3 is 6.09 Å². The van der Waals surface area contributed by atoms with E-state index in [4.69, 9.17) is 4.74 Å². The summed E-state index contributed by atoms with van der Waals surface area (Å²) >= 11 is 0. The van der Waals surface area contributed by atoms with Crippen molar-refractivity contribution < 1.29 is 9.53 Å². The molecule has 0 radical (unpaired) electrons. The molecular weight excluding hydrogens is 178 g/mol. The molecule has 1 saturated heterocycles. The Morgan fingerprint density at radius 3 is 2.71 bits per heavy atom. The molecule has 0 aromatic rings. The van der Waals surface area contributed by atoms with Gasteiger partial charge in [0, 0.05) is 13.1 Å². The average molecular weight is 199 g/mol. The van der Waals surface area contributed by atoms with E-state index in [1.54, 1.807) is 4.90 Å². The lowest BCUT2D eigenvalue weighted by atomic mass is 9.91. The SMILES string of the molecule is CCN1C[C@H](C)C[C@](C)(CC)OC1=O. The van der Waals surface area contributed by atoms with Gasteiger partial charge in [-0.15, -0.1) is 0 Å². The highest BCUT2D eigenvalue weighted by molar-refractivity contribution is 5.68.